The minimum Gasteiger partial charge on any atom is -0.481 e. The van der Waals surface area contributed by atoms with Crippen LogP contribution in [0.25, 0.3) is 0 Å². The molecule has 0 bridgehead atoms. The highest BCUT2D eigenvalue weighted by molar-refractivity contribution is 5.84. The topological polar surface area (TPSA) is 67.3 Å². The zero-order valence-electron chi connectivity index (χ0n) is 13.0. The first-order valence-electron chi connectivity index (χ1n) is 6.99. The van der Waals surface area contributed by atoms with Crippen LogP contribution in [0, 0.1) is 0 Å². The van der Waals surface area contributed by atoms with Crippen molar-refractivity contribution in [1.82, 2.24) is 14.9 Å². The number of aromatic nitrogens is 2. The number of nitrogens with zero attached hydrogens (tertiary/aromatic N) is 3. The Morgan fingerprint density at radius 3 is 2.64 bits per heavy atom. The summed E-state index contributed by atoms with van der Waals surface area (Å²) in [6, 6.07) is 11.1. The molecule has 6 heteroatoms. The molecule has 0 aliphatic heterocycles. The molecule has 0 saturated heterocycles. The first-order chi connectivity index (χ1) is 10.6. The van der Waals surface area contributed by atoms with Crippen LogP contribution in [0.5, 0.6) is 5.88 Å². The number of likely N-dealkylation sites (N-methyl/N-ethyl adjacent to an activating group) is 1. The maximum Gasteiger partial charge on any atom is 0.244 e. The van der Waals surface area contributed by atoms with Crippen LogP contribution < -0.4 is 10.1 Å². The molecule has 0 fully saturated rings. The molecular formula is C16H20N4O2. The van der Waals surface area contributed by atoms with Gasteiger partial charge in [0.15, 0.2) is 0 Å². The molecule has 2 aromatic rings. The summed E-state index contributed by atoms with van der Waals surface area (Å²) < 4.78 is 5.08. The van der Waals surface area contributed by atoms with Crippen LogP contribution in [0.1, 0.15) is 5.56 Å². The second-order valence-corrected chi connectivity index (χ2v) is 5.04. The van der Waals surface area contributed by atoms with Crippen molar-refractivity contribution >= 4 is 11.9 Å². The predicted molar refractivity (Wildman–Crippen MR) is 84.8 cm³/mol. The molecule has 0 spiro atoms. The van der Waals surface area contributed by atoms with Gasteiger partial charge in [0.05, 0.1) is 7.11 Å². The lowest BCUT2D eigenvalue weighted by molar-refractivity contribution is -0.129. The third-order valence-electron chi connectivity index (χ3n) is 3.16. The molecule has 22 heavy (non-hydrogen) atoms. The first-order valence-corrected chi connectivity index (χ1v) is 6.99. The Hall–Kier alpha value is -2.63. The van der Waals surface area contributed by atoms with E-state index in [0.717, 1.165) is 5.56 Å². The quantitative estimate of drug-likeness (QED) is 0.877. The van der Waals surface area contributed by atoms with E-state index in [1.54, 1.807) is 38.4 Å². The molecule has 2 rings (SSSR count). The highest BCUT2D eigenvalue weighted by Gasteiger charge is 2.21. The number of benzene rings is 1. The maximum atomic E-state index is 12.4. The Morgan fingerprint density at radius 1 is 1.27 bits per heavy atom. The van der Waals surface area contributed by atoms with Gasteiger partial charge in [-0.15, -0.1) is 0 Å². The number of amides is 1. The molecule has 0 radical (unpaired) electrons. The monoisotopic (exact) mass is 300 g/mol. The van der Waals surface area contributed by atoms with E-state index in [9.17, 15) is 4.79 Å². The third kappa shape index (κ3) is 4.18. The van der Waals surface area contributed by atoms with Crippen LogP contribution in [0.15, 0.2) is 42.6 Å². The summed E-state index contributed by atoms with van der Waals surface area (Å²) in [6.45, 7) is 0. The van der Waals surface area contributed by atoms with E-state index < -0.39 is 6.04 Å². The number of nitrogens with one attached hydrogen (secondary N) is 1. The Morgan fingerprint density at radius 2 is 2.00 bits per heavy atom. The molecule has 0 aliphatic carbocycles. The zero-order valence-corrected chi connectivity index (χ0v) is 13.0. The van der Waals surface area contributed by atoms with Crippen LogP contribution in [0.2, 0.25) is 0 Å². The molecule has 1 aromatic carbocycles. The fraction of sp³-hybridized carbons (Fsp3) is 0.312. The Balaban J connectivity index is 2.18. The molecule has 1 N–H and O–H groups in total. The van der Waals surface area contributed by atoms with E-state index in [1.807, 2.05) is 30.3 Å². The number of ether oxygens (including phenoxy) is 1. The number of hydrogen-bond acceptors (Lipinski definition) is 5. The lowest BCUT2D eigenvalue weighted by atomic mass is 10.1. The van der Waals surface area contributed by atoms with E-state index in [1.165, 1.54) is 0 Å². The lowest BCUT2D eigenvalue weighted by Crippen LogP contribution is -2.40. The van der Waals surface area contributed by atoms with Crippen LogP contribution >= 0.6 is 0 Å². The number of methoxy groups -OCH3 is 1. The van der Waals surface area contributed by atoms with Gasteiger partial charge in [0.1, 0.15) is 6.04 Å². The molecule has 1 atom stereocenters. The largest absolute Gasteiger partial charge is 0.481 e. The van der Waals surface area contributed by atoms with Crippen molar-refractivity contribution in [2.75, 3.05) is 26.5 Å². The van der Waals surface area contributed by atoms with Gasteiger partial charge < -0.3 is 15.0 Å². The smallest absolute Gasteiger partial charge is 0.244 e. The summed E-state index contributed by atoms with van der Waals surface area (Å²) >= 11 is 0. The fourth-order valence-electron chi connectivity index (χ4n) is 2.04. The van der Waals surface area contributed by atoms with Gasteiger partial charge in [0, 0.05) is 32.8 Å². The second kappa shape index (κ2) is 7.40. The van der Waals surface area contributed by atoms with Gasteiger partial charge in [0.25, 0.3) is 0 Å². The summed E-state index contributed by atoms with van der Waals surface area (Å²) in [7, 11) is 5.00. The SMILES string of the molecule is COc1ccnc(N[C@H](Cc2ccccc2)C(=O)N(C)C)n1. The normalized spacial score (nSPS) is 11.6. The molecule has 0 aliphatic rings. The van der Waals surface area contributed by atoms with E-state index in [0.29, 0.717) is 18.2 Å². The van der Waals surface area contributed by atoms with Crippen molar-refractivity contribution in [2.45, 2.75) is 12.5 Å². The van der Waals surface area contributed by atoms with Gasteiger partial charge in [-0.3, -0.25) is 4.79 Å². The van der Waals surface area contributed by atoms with E-state index in [2.05, 4.69) is 15.3 Å². The minimum absolute atomic E-state index is 0.0322. The number of anilines is 1. The minimum atomic E-state index is -0.440. The molecule has 0 saturated carbocycles. The van der Waals surface area contributed by atoms with Gasteiger partial charge in [-0.25, -0.2) is 4.98 Å². The van der Waals surface area contributed by atoms with Gasteiger partial charge in [0.2, 0.25) is 17.7 Å². The van der Waals surface area contributed by atoms with Crippen molar-refractivity contribution < 1.29 is 9.53 Å². The highest BCUT2D eigenvalue weighted by atomic mass is 16.5. The lowest BCUT2D eigenvalue weighted by Gasteiger charge is -2.22. The average Bonchev–Trinajstić information content (AvgIpc) is 2.54. The van der Waals surface area contributed by atoms with E-state index in [4.69, 9.17) is 4.74 Å². The van der Waals surface area contributed by atoms with Crippen molar-refractivity contribution in [1.29, 1.82) is 0 Å². The van der Waals surface area contributed by atoms with Crippen LogP contribution in [0.3, 0.4) is 0 Å². The van der Waals surface area contributed by atoms with Gasteiger partial charge in [-0.05, 0) is 5.56 Å². The number of hydrogen-bond donors (Lipinski definition) is 1. The highest BCUT2D eigenvalue weighted by Crippen LogP contribution is 2.12. The first kappa shape index (κ1) is 15.8. The summed E-state index contributed by atoms with van der Waals surface area (Å²) in [5.74, 6) is 0.791. The summed E-state index contributed by atoms with van der Waals surface area (Å²) in [4.78, 5) is 22.3. The van der Waals surface area contributed by atoms with Crippen molar-refractivity contribution in [2.24, 2.45) is 0 Å². The van der Waals surface area contributed by atoms with E-state index in [-0.39, 0.29) is 5.91 Å². The molecule has 0 unspecified atom stereocenters. The summed E-state index contributed by atoms with van der Waals surface area (Å²) in [5, 5.41) is 3.09. The number of rotatable bonds is 6. The molecule has 116 valence electrons. The van der Waals surface area contributed by atoms with Crippen LogP contribution in [-0.4, -0.2) is 48.0 Å². The molecular weight excluding hydrogens is 280 g/mol. The van der Waals surface area contributed by atoms with Crippen molar-refractivity contribution in [3.63, 3.8) is 0 Å². The standard InChI is InChI=1S/C16H20N4O2/c1-20(2)15(21)13(11-12-7-5-4-6-8-12)18-16-17-10-9-14(19-16)22-3/h4-10,13H,11H2,1-3H3,(H,17,18,19)/t13-/m1/s1. The molecule has 1 amide bonds. The maximum absolute atomic E-state index is 12.4. The van der Waals surface area contributed by atoms with Crippen molar-refractivity contribution in [3.8, 4) is 5.88 Å². The second-order valence-electron chi connectivity index (χ2n) is 5.04. The number of carbonyl (C=O) groups excluding carboxylic acids is 1. The Bertz CT molecular complexity index is 617. The van der Waals surface area contributed by atoms with E-state index >= 15 is 0 Å². The Labute approximate surface area is 130 Å². The zero-order chi connectivity index (χ0) is 15.9. The van der Waals surface area contributed by atoms with Gasteiger partial charge in [-0.1, -0.05) is 30.3 Å². The van der Waals surface area contributed by atoms with Crippen molar-refractivity contribution in [3.05, 3.63) is 48.2 Å². The number of carbonyl (C=O) groups is 1. The summed E-state index contributed by atoms with van der Waals surface area (Å²) in [6.07, 6.45) is 2.15. The van der Waals surface area contributed by atoms with Crippen LogP contribution in [-0.2, 0) is 11.2 Å². The molecule has 1 aromatic heterocycles. The third-order valence-corrected chi connectivity index (χ3v) is 3.16. The molecule has 6 nitrogen and oxygen atoms in total. The Kier molecular flexibility index (Phi) is 5.30. The summed E-state index contributed by atoms with van der Waals surface area (Å²) in [5.41, 5.74) is 1.07. The average molecular weight is 300 g/mol. The fourth-order valence-corrected chi connectivity index (χ4v) is 2.04. The van der Waals surface area contributed by atoms with Crippen LogP contribution in [0.4, 0.5) is 5.95 Å². The molecule has 1 heterocycles. The van der Waals surface area contributed by atoms with Gasteiger partial charge >= 0.3 is 0 Å². The predicted octanol–water partition coefficient (Wildman–Crippen LogP) is 1.60. The van der Waals surface area contributed by atoms with Gasteiger partial charge in [-0.2, -0.15) is 4.98 Å².